The highest BCUT2D eigenvalue weighted by Crippen LogP contribution is 2.27. The summed E-state index contributed by atoms with van der Waals surface area (Å²) >= 11 is 0. The Labute approximate surface area is 80.0 Å². The lowest BCUT2D eigenvalue weighted by atomic mass is 9.97. The standard InChI is InChI=1S/C12H16O/c1-6-11-8(2)7-12(13-5)10(4)9(11)3/h6-7H,1H2,2-5H3. The van der Waals surface area contributed by atoms with Gasteiger partial charge in [-0.3, -0.25) is 0 Å². The van der Waals surface area contributed by atoms with Gasteiger partial charge in [-0.25, -0.2) is 0 Å². The first-order valence-electron chi connectivity index (χ1n) is 4.39. The molecule has 1 aromatic rings. The third kappa shape index (κ3) is 1.59. The molecular weight excluding hydrogens is 160 g/mol. The van der Waals surface area contributed by atoms with Crippen molar-refractivity contribution in [2.75, 3.05) is 7.11 Å². The lowest BCUT2D eigenvalue weighted by Crippen LogP contribution is -1.95. The van der Waals surface area contributed by atoms with Crippen LogP contribution in [0.15, 0.2) is 12.6 Å². The first-order chi connectivity index (χ1) is 6.11. The van der Waals surface area contributed by atoms with Crippen LogP contribution in [0.1, 0.15) is 22.3 Å². The summed E-state index contributed by atoms with van der Waals surface area (Å²) < 4.78 is 5.27. The molecule has 0 heterocycles. The fraction of sp³-hybridized carbons (Fsp3) is 0.333. The van der Waals surface area contributed by atoms with E-state index in [2.05, 4.69) is 33.4 Å². The number of hydrogen-bond acceptors (Lipinski definition) is 1. The molecule has 0 bridgehead atoms. The molecule has 1 aromatic carbocycles. The second-order valence-electron chi connectivity index (χ2n) is 3.26. The molecule has 0 fully saturated rings. The number of aryl methyl sites for hydroxylation is 1. The van der Waals surface area contributed by atoms with Crippen LogP contribution in [0, 0.1) is 20.8 Å². The van der Waals surface area contributed by atoms with Crippen LogP contribution in [0.25, 0.3) is 6.08 Å². The average Bonchev–Trinajstić information content (AvgIpc) is 2.12. The molecule has 70 valence electrons. The second-order valence-corrected chi connectivity index (χ2v) is 3.26. The number of ether oxygens (including phenoxy) is 1. The van der Waals surface area contributed by atoms with Gasteiger partial charge in [-0.15, -0.1) is 0 Å². The predicted molar refractivity (Wildman–Crippen MR) is 57.3 cm³/mol. The van der Waals surface area contributed by atoms with E-state index in [1.165, 1.54) is 22.3 Å². The van der Waals surface area contributed by atoms with Gasteiger partial charge < -0.3 is 4.74 Å². The van der Waals surface area contributed by atoms with Crippen LogP contribution in [-0.4, -0.2) is 7.11 Å². The molecule has 0 aromatic heterocycles. The maximum Gasteiger partial charge on any atom is 0.122 e. The van der Waals surface area contributed by atoms with Gasteiger partial charge in [0.1, 0.15) is 5.75 Å². The zero-order valence-electron chi connectivity index (χ0n) is 8.77. The first kappa shape index (κ1) is 9.85. The topological polar surface area (TPSA) is 9.23 Å². The van der Waals surface area contributed by atoms with E-state index in [1.807, 2.05) is 6.08 Å². The van der Waals surface area contributed by atoms with Gasteiger partial charge in [0.05, 0.1) is 7.11 Å². The summed E-state index contributed by atoms with van der Waals surface area (Å²) in [7, 11) is 1.70. The molecule has 13 heavy (non-hydrogen) atoms. The third-order valence-corrected chi connectivity index (χ3v) is 2.53. The highest BCUT2D eigenvalue weighted by atomic mass is 16.5. The van der Waals surface area contributed by atoms with Crippen LogP contribution < -0.4 is 4.74 Å². The lowest BCUT2D eigenvalue weighted by molar-refractivity contribution is 0.411. The highest BCUT2D eigenvalue weighted by molar-refractivity contribution is 5.61. The largest absolute Gasteiger partial charge is 0.496 e. The van der Waals surface area contributed by atoms with Gasteiger partial charge in [0, 0.05) is 0 Å². The van der Waals surface area contributed by atoms with Crippen molar-refractivity contribution >= 4 is 6.08 Å². The summed E-state index contributed by atoms with van der Waals surface area (Å²) in [6.07, 6.45) is 1.90. The zero-order valence-corrected chi connectivity index (χ0v) is 8.77. The van der Waals surface area contributed by atoms with Crippen LogP contribution in [0.3, 0.4) is 0 Å². The van der Waals surface area contributed by atoms with Gasteiger partial charge in [-0.05, 0) is 49.1 Å². The fourth-order valence-electron chi connectivity index (χ4n) is 1.59. The summed E-state index contributed by atoms with van der Waals surface area (Å²) in [5.74, 6) is 0.959. The first-order valence-corrected chi connectivity index (χ1v) is 4.39. The molecule has 0 saturated carbocycles. The Hall–Kier alpha value is -1.24. The number of methoxy groups -OCH3 is 1. The maximum absolute atomic E-state index is 5.27. The molecule has 1 heteroatoms. The van der Waals surface area contributed by atoms with Crippen LogP contribution in [0.4, 0.5) is 0 Å². The minimum Gasteiger partial charge on any atom is -0.496 e. The summed E-state index contributed by atoms with van der Waals surface area (Å²) in [5.41, 5.74) is 4.89. The van der Waals surface area contributed by atoms with E-state index in [0.29, 0.717) is 0 Å². The van der Waals surface area contributed by atoms with Crippen LogP contribution in [0.5, 0.6) is 5.75 Å². The van der Waals surface area contributed by atoms with Gasteiger partial charge in [0.2, 0.25) is 0 Å². The molecule has 0 aliphatic heterocycles. The van der Waals surface area contributed by atoms with Crippen LogP contribution in [0.2, 0.25) is 0 Å². The van der Waals surface area contributed by atoms with Crippen molar-refractivity contribution in [1.82, 2.24) is 0 Å². The molecule has 0 aliphatic rings. The predicted octanol–water partition coefficient (Wildman–Crippen LogP) is 3.26. The SMILES string of the molecule is C=Cc1c(C)cc(OC)c(C)c1C. The van der Waals surface area contributed by atoms with Gasteiger partial charge in [-0.1, -0.05) is 12.7 Å². The molecule has 0 aliphatic carbocycles. The van der Waals surface area contributed by atoms with Crippen molar-refractivity contribution in [3.63, 3.8) is 0 Å². The molecule has 0 atom stereocenters. The smallest absolute Gasteiger partial charge is 0.122 e. The third-order valence-electron chi connectivity index (χ3n) is 2.53. The Morgan fingerprint density at radius 2 is 1.85 bits per heavy atom. The molecule has 0 saturated heterocycles. The summed E-state index contributed by atoms with van der Waals surface area (Å²) in [6.45, 7) is 10.1. The summed E-state index contributed by atoms with van der Waals surface area (Å²) in [6, 6.07) is 2.05. The monoisotopic (exact) mass is 176 g/mol. The van der Waals surface area contributed by atoms with Crippen molar-refractivity contribution in [2.45, 2.75) is 20.8 Å². The molecule has 0 unspecified atom stereocenters. The van der Waals surface area contributed by atoms with Crippen LogP contribution in [-0.2, 0) is 0 Å². The average molecular weight is 176 g/mol. The van der Waals surface area contributed by atoms with Crippen molar-refractivity contribution < 1.29 is 4.74 Å². The van der Waals surface area contributed by atoms with E-state index in [4.69, 9.17) is 4.74 Å². The van der Waals surface area contributed by atoms with E-state index in [9.17, 15) is 0 Å². The number of hydrogen-bond donors (Lipinski definition) is 0. The normalized spacial score (nSPS) is 9.85. The number of rotatable bonds is 2. The number of benzene rings is 1. The maximum atomic E-state index is 5.27. The Balaban J connectivity index is 3.45. The van der Waals surface area contributed by atoms with Gasteiger partial charge >= 0.3 is 0 Å². The molecule has 0 N–H and O–H groups in total. The Bertz CT molecular complexity index is 337. The molecule has 1 rings (SSSR count). The van der Waals surface area contributed by atoms with Gasteiger partial charge in [0.25, 0.3) is 0 Å². The summed E-state index contributed by atoms with van der Waals surface area (Å²) in [5, 5.41) is 0. The summed E-state index contributed by atoms with van der Waals surface area (Å²) in [4.78, 5) is 0. The highest BCUT2D eigenvalue weighted by Gasteiger charge is 2.07. The van der Waals surface area contributed by atoms with E-state index in [1.54, 1.807) is 7.11 Å². The fourth-order valence-corrected chi connectivity index (χ4v) is 1.59. The van der Waals surface area contributed by atoms with E-state index in [-0.39, 0.29) is 0 Å². The van der Waals surface area contributed by atoms with E-state index in [0.717, 1.165) is 5.75 Å². The molecule has 0 radical (unpaired) electrons. The molecule has 0 amide bonds. The minimum atomic E-state index is 0.959. The van der Waals surface area contributed by atoms with Crippen molar-refractivity contribution in [3.8, 4) is 5.75 Å². The van der Waals surface area contributed by atoms with Crippen molar-refractivity contribution in [1.29, 1.82) is 0 Å². The Morgan fingerprint density at radius 1 is 1.23 bits per heavy atom. The van der Waals surface area contributed by atoms with E-state index >= 15 is 0 Å². The van der Waals surface area contributed by atoms with Gasteiger partial charge in [0.15, 0.2) is 0 Å². The van der Waals surface area contributed by atoms with Crippen molar-refractivity contribution in [2.24, 2.45) is 0 Å². The Kier molecular flexibility index (Phi) is 2.76. The molecule has 0 spiro atoms. The Morgan fingerprint density at radius 3 is 2.31 bits per heavy atom. The second kappa shape index (κ2) is 3.65. The quantitative estimate of drug-likeness (QED) is 0.672. The van der Waals surface area contributed by atoms with Gasteiger partial charge in [-0.2, -0.15) is 0 Å². The zero-order chi connectivity index (χ0) is 10.0. The van der Waals surface area contributed by atoms with Crippen LogP contribution >= 0.6 is 0 Å². The minimum absolute atomic E-state index is 0.959. The van der Waals surface area contributed by atoms with Crippen molar-refractivity contribution in [3.05, 3.63) is 34.9 Å². The van der Waals surface area contributed by atoms with E-state index < -0.39 is 0 Å². The molecule has 1 nitrogen and oxygen atoms in total. The molecular formula is C12H16O. The lowest BCUT2D eigenvalue weighted by Gasteiger charge is -2.13.